The van der Waals surface area contributed by atoms with Crippen molar-refractivity contribution < 1.29 is 19.1 Å². The van der Waals surface area contributed by atoms with Crippen LogP contribution in [-0.2, 0) is 20.9 Å². The van der Waals surface area contributed by atoms with Crippen LogP contribution in [0.2, 0.25) is 0 Å². The van der Waals surface area contributed by atoms with Crippen molar-refractivity contribution in [2.45, 2.75) is 42.7 Å². The van der Waals surface area contributed by atoms with Crippen LogP contribution in [0.4, 0.5) is 4.79 Å². The highest BCUT2D eigenvalue weighted by atomic mass is 32.2. The number of hydrogen-bond donors (Lipinski definition) is 2. The summed E-state index contributed by atoms with van der Waals surface area (Å²) >= 11 is 4.20. The molecular formula is C22H28N2O4S2. The number of rotatable bonds is 5. The van der Waals surface area contributed by atoms with E-state index in [4.69, 9.17) is 4.74 Å². The van der Waals surface area contributed by atoms with E-state index >= 15 is 0 Å². The predicted octanol–water partition coefficient (Wildman–Crippen LogP) is 3.56. The molecule has 1 spiro atoms. The molecule has 162 valence electrons. The Morgan fingerprint density at radius 3 is 2.37 bits per heavy atom. The van der Waals surface area contributed by atoms with Crippen molar-refractivity contribution in [1.82, 2.24) is 10.6 Å². The Bertz CT molecular complexity index is 767. The summed E-state index contributed by atoms with van der Waals surface area (Å²) in [6, 6.07) is 8.83. The highest BCUT2D eigenvalue weighted by Crippen LogP contribution is 2.64. The fourth-order valence-corrected chi connectivity index (χ4v) is 8.98. The maximum Gasteiger partial charge on any atom is 0.321 e. The molecule has 2 atom stereocenters. The molecule has 2 aliphatic carbocycles. The van der Waals surface area contributed by atoms with Crippen LogP contribution in [0.3, 0.4) is 0 Å². The molecule has 1 aromatic carbocycles. The Morgan fingerprint density at radius 2 is 1.70 bits per heavy atom. The number of amides is 3. The summed E-state index contributed by atoms with van der Waals surface area (Å²) in [5.41, 5.74) is 0.936. The standard InChI is InChI=1S/C22H28N2O4S2/c25-19(24-21(27)23-13-15-5-2-1-3-6-15)14-28-20(26)16-11-17-7-4-8-18(12-16)22(17)29-9-10-30-22/h1-3,5-6,16-18H,4,7-14H2,(H2,23,24,25,27). The summed E-state index contributed by atoms with van der Waals surface area (Å²) in [4.78, 5) is 36.5. The van der Waals surface area contributed by atoms with E-state index < -0.39 is 18.5 Å². The first-order valence-corrected chi connectivity index (χ1v) is 12.6. The molecule has 2 saturated carbocycles. The second-order valence-corrected chi connectivity index (χ2v) is 11.2. The lowest BCUT2D eigenvalue weighted by Gasteiger charge is -2.51. The van der Waals surface area contributed by atoms with Gasteiger partial charge in [-0.15, -0.1) is 23.5 Å². The van der Waals surface area contributed by atoms with Crippen LogP contribution in [0.25, 0.3) is 0 Å². The molecule has 3 fully saturated rings. The first kappa shape index (κ1) is 21.6. The summed E-state index contributed by atoms with van der Waals surface area (Å²) in [7, 11) is 0. The number of thioether (sulfide) groups is 2. The molecule has 1 aliphatic heterocycles. The average molecular weight is 449 g/mol. The van der Waals surface area contributed by atoms with Crippen LogP contribution >= 0.6 is 23.5 Å². The van der Waals surface area contributed by atoms with E-state index in [-0.39, 0.29) is 11.9 Å². The highest BCUT2D eigenvalue weighted by Gasteiger charge is 2.55. The second kappa shape index (κ2) is 9.64. The average Bonchev–Trinajstić information content (AvgIpc) is 3.20. The van der Waals surface area contributed by atoms with Gasteiger partial charge in [0.15, 0.2) is 6.61 Å². The third-order valence-corrected chi connectivity index (χ3v) is 10.4. The number of carbonyl (C=O) groups excluding carboxylic acids is 3. The lowest BCUT2D eigenvalue weighted by molar-refractivity contribution is -0.155. The molecule has 2 N–H and O–H groups in total. The van der Waals surface area contributed by atoms with Crippen molar-refractivity contribution in [3.63, 3.8) is 0 Å². The predicted molar refractivity (Wildman–Crippen MR) is 119 cm³/mol. The molecule has 0 radical (unpaired) electrons. The van der Waals surface area contributed by atoms with Crippen LogP contribution < -0.4 is 10.6 Å². The minimum Gasteiger partial charge on any atom is -0.455 e. The van der Waals surface area contributed by atoms with Crippen LogP contribution in [0.1, 0.15) is 37.7 Å². The number of carbonyl (C=O) groups is 3. The highest BCUT2D eigenvalue weighted by molar-refractivity contribution is 8.21. The Labute approximate surface area is 185 Å². The fourth-order valence-electron chi connectivity index (χ4n) is 5.04. The van der Waals surface area contributed by atoms with E-state index in [2.05, 4.69) is 34.2 Å². The largest absolute Gasteiger partial charge is 0.455 e. The maximum absolute atomic E-state index is 12.6. The number of benzene rings is 1. The first-order chi connectivity index (χ1) is 14.6. The molecule has 3 aliphatic rings. The van der Waals surface area contributed by atoms with Crippen LogP contribution in [-0.4, -0.2) is 40.1 Å². The molecule has 0 aromatic heterocycles. The quantitative estimate of drug-likeness (QED) is 0.670. The van der Waals surface area contributed by atoms with Crippen molar-refractivity contribution in [1.29, 1.82) is 0 Å². The molecular weight excluding hydrogens is 420 g/mol. The van der Waals surface area contributed by atoms with E-state index in [9.17, 15) is 14.4 Å². The Hall–Kier alpha value is -1.67. The van der Waals surface area contributed by atoms with E-state index in [0.717, 1.165) is 18.4 Å². The van der Waals surface area contributed by atoms with Gasteiger partial charge < -0.3 is 10.1 Å². The number of ether oxygens (including phenoxy) is 1. The van der Waals surface area contributed by atoms with Gasteiger partial charge >= 0.3 is 12.0 Å². The van der Waals surface area contributed by atoms with Gasteiger partial charge in [0.1, 0.15) is 0 Å². The van der Waals surface area contributed by atoms with Gasteiger partial charge in [-0.1, -0.05) is 36.8 Å². The molecule has 2 bridgehead atoms. The second-order valence-electron chi connectivity index (χ2n) is 8.24. The molecule has 1 aromatic rings. The van der Waals surface area contributed by atoms with Gasteiger partial charge in [0.25, 0.3) is 5.91 Å². The fraction of sp³-hybridized carbons (Fsp3) is 0.591. The molecule has 30 heavy (non-hydrogen) atoms. The molecule has 8 heteroatoms. The lowest BCUT2D eigenvalue weighted by Crippen LogP contribution is -2.48. The summed E-state index contributed by atoms with van der Waals surface area (Å²) < 4.78 is 5.59. The number of hydrogen-bond acceptors (Lipinski definition) is 6. The smallest absolute Gasteiger partial charge is 0.321 e. The lowest BCUT2D eigenvalue weighted by atomic mass is 9.67. The number of imide groups is 1. The third-order valence-electron chi connectivity index (χ3n) is 6.35. The zero-order valence-electron chi connectivity index (χ0n) is 16.9. The monoisotopic (exact) mass is 448 g/mol. The summed E-state index contributed by atoms with van der Waals surface area (Å²) in [5, 5.41) is 4.83. The summed E-state index contributed by atoms with van der Waals surface area (Å²) in [6.07, 6.45) is 5.33. The SMILES string of the molecule is O=C(COC(=O)C1CC2CCCC(C1)C21SCCS1)NC(=O)NCc1ccccc1. The Kier molecular flexibility index (Phi) is 6.93. The van der Waals surface area contributed by atoms with Gasteiger partial charge in [-0.3, -0.25) is 14.9 Å². The molecule has 1 heterocycles. The Morgan fingerprint density at radius 1 is 1.03 bits per heavy atom. The minimum absolute atomic E-state index is 0.132. The van der Waals surface area contributed by atoms with Crippen LogP contribution in [0, 0.1) is 17.8 Å². The van der Waals surface area contributed by atoms with Gasteiger partial charge in [-0.2, -0.15) is 0 Å². The van der Waals surface area contributed by atoms with Crippen LogP contribution in [0.15, 0.2) is 30.3 Å². The maximum atomic E-state index is 12.6. The molecule has 2 unspecified atom stereocenters. The van der Waals surface area contributed by atoms with Gasteiger partial charge in [0.2, 0.25) is 0 Å². The summed E-state index contributed by atoms with van der Waals surface area (Å²) in [6.45, 7) is -0.0968. The zero-order chi connectivity index (χ0) is 21.0. The van der Waals surface area contributed by atoms with Crippen molar-refractivity contribution in [3.05, 3.63) is 35.9 Å². The van der Waals surface area contributed by atoms with E-state index in [1.165, 1.54) is 30.8 Å². The van der Waals surface area contributed by atoms with E-state index in [1.54, 1.807) is 0 Å². The van der Waals surface area contributed by atoms with Gasteiger partial charge in [0, 0.05) is 18.1 Å². The normalized spacial score (nSPS) is 26.7. The zero-order valence-corrected chi connectivity index (χ0v) is 18.6. The van der Waals surface area contributed by atoms with Gasteiger partial charge in [0.05, 0.1) is 10.00 Å². The van der Waals surface area contributed by atoms with Crippen molar-refractivity contribution in [2.75, 3.05) is 18.1 Å². The topological polar surface area (TPSA) is 84.5 Å². The third kappa shape index (κ3) is 4.80. The van der Waals surface area contributed by atoms with Gasteiger partial charge in [-0.05, 0) is 43.1 Å². The van der Waals surface area contributed by atoms with E-state index in [0.29, 0.717) is 22.5 Å². The number of urea groups is 1. The van der Waals surface area contributed by atoms with Gasteiger partial charge in [-0.25, -0.2) is 4.79 Å². The Balaban J connectivity index is 1.21. The molecule has 3 amide bonds. The van der Waals surface area contributed by atoms with Crippen LogP contribution in [0.5, 0.6) is 0 Å². The molecule has 4 rings (SSSR count). The van der Waals surface area contributed by atoms with E-state index in [1.807, 2.05) is 30.3 Å². The van der Waals surface area contributed by atoms with Crippen molar-refractivity contribution in [2.24, 2.45) is 17.8 Å². The number of esters is 1. The van der Waals surface area contributed by atoms with Crippen molar-refractivity contribution >= 4 is 41.4 Å². The number of nitrogens with one attached hydrogen (secondary N) is 2. The summed E-state index contributed by atoms with van der Waals surface area (Å²) in [5.74, 6) is 2.49. The minimum atomic E-state index is -0.608. The first-order valence-electron chi connectivity index (χ1n) is 10.6. The molecule has 1 saturated heterocycles. The van der Waals surface area contributed by atoms with Crippen molar-refractivity contribution in [3.8, 4) is 0 Å². The molecule has 6 nitrogen and oxygen atoms in total.